The van der Waals surface area contributed by atoms with Crippen LogP contribution in [-0.2, 0) is 38.4 Å². The molecular weight excluding hydrogens is 915 g/mol. The van der Waals surface area contributed by atoms with Gasteiger partial charge in [-0.25, -0.2) is 0 Å². The summed E-state index contributed by atoms with van der Waals surface area (Å²) in [5.41, 5.74) is 13.6. The number of aromatic nitrogens is 3. The van der Waals surface area contributed by atoms with E-state index in [-0.39, 0.29) is 25.5 Å². The van der Waals surface area contributed by atoms with E-state index in [9.17, 15) is 0 Å². The van der Waals surface area contributed by atoms with Gasteiger partial charge in [0.05, 0.1) is 24.9 Å². The average Bonchev–Trinajstić information content (AvgIpc) is 3.79. The van der Waals surface area contributed by atoms with Crippen LogP contribution < -0.4 is 5.19 Å². The smallest absolute Gasteiger partial charge is 0.0798 e. The molecule has 305 valence electrons. The third-order valence-corrected chi connectivity index (χ3v) is 12.7. The van der Waals surface area contributed by atoms with Gasteiger partial charge in [-0.2, -0.15) is 0 Å². The number of nitrogens with zero attached hydrogens (tertiary/aromatic N) is 3. The van der Waals surface area contributed by atoms with Crippen molar-refractivity contribution in [1.82, 2.24) is 14.5 Å². The molecule has 0 amide bonds. The fourth-order valence-electron chi connectivity index (χ4n) is 7.69. The van der Waals surface area contributed by atoms with E-state index >= 15 is 0 Å². The summed E-state index contributed by atoms with van der Waals surface area (Å²) in [6, 6.07) is 46.0. The zero-order chi connectivity index (χ0) is 41.2. The molecule has 0 aliphatic rings. The molecule has 0 unspecified atom stereocenters. The van der Waals surface area contributed by atoms with Gasteiger partial charge in [0.2, 0.25) is 0 Å². The minimum atomic E-state index is -1.34. The largest absolute Gasteiger partial charge is 0.557 e. The van der Waals surface area contributed by atoms with E-state index < -0.39 is 8.07 Å². The Bertz CT molecular complexity index is 2620. The van der Waals surface area contributed by atoms with Crippen molar-refractivity contribution in [3.05, 3.63) is 157 Å². The first-order valence-electron chi connectivity index (χ1n) is 20.7. The Morgan fingerprint density at radius 1 is 0.746 bits per heavy atom. The standard InChI is InChI=1S/C35H33N2O.C18H24NSi.Ir/c1-23(2)20-24-10-19-33-29(21-24)30(22-38-33)34-36-31-8-6-7-9-32(31)37(34)28-17-13-26(14-18-28)25-11-15-27(16-12-25)35(3,4)5;1-14(2)11-16-12-17(15-9-7-6-8-10-15)19-13-18(16)20(3,4)5;/h6-19,21,23H,20H2,1-5H3;6-9,12-14H,11H2,1-5H3;/q2*-1;. The van der Waals surface area contributed by atoms with E-state index in [1.54, 1.807) is 0 Å². The molecule has 3 aromatic heterocycles. The molecule has 0 N–H and O–H groups in total. The van der Waals surface area contributed by atoms with Gasteiger partial charge in [0.15, 0.2) is 0 Å². The molecule has 0 saturated carbocycles. The summed E-state index contributed by atoms with van der Waals surface area (Å²) in [6.45, 7) is 23.0. The van der Waals surface area contributed by atoms with Crippen LogP contribution in [0.4, 0.5) is 0 Å². The summed E-state index contributed by atoms with van der Waals surface area (Å²) >= 11 is 0. The topological polar surface area (TPSA) is 43.9 Å². The fraction of sp³-hybridized carbons (Fsp3) is 0.283. The van der Waals surface area contributed by atoms with Gasteiger partial charge in [0.1, 0.15) is 0 Å². The van der Waals surface area contributed by atoms with Crippen LogP contribution in [0.2, 0.25) is 19.6 Å². The van der Waals surface area contributed by atoms with Gasteiger partial charge < -0.3 is 14.0 Å². The van der Waals surface area contributed by atoms with Crippen molar-refractivity contribution >= 4 is 35.3 Å². The molecule has 0 spiro atoms. The third kappa shape index (κ3) is 10.1. The first kappa shape index (κ1) is 43.7. The number of benzene rings is 5. The Morgan fingerprint density at radius 2 is 1.41 bits per heavy atom. The Hall–Kier alpha value is -4.87. The molecule has 0 aliphatic carbocycles. The maximum atomic E-state index is 5.88. The van der Waals surface area contributed by atoms with Gasteiger partial charge in [-0.1, -0.05) is 163 Å². The summed E-state index contributed by atoms with van der Waals surface area (Å²) < 4.78 is 8.10. The second-order valence-corrected chi connectivity index (χ2v) is 23.5. The van der Waals surface area contributed by atoms with Crippen LogP contribution in [0.5, 0.6) is 0 Å². The van der Waals surface area contributed by atoms with Crippen LogP contribution >= 0.6 is 0 Å². The molecule has 0 atom stereocenters. The number of para-hydroxylation sites is 2. The predicted octanol–water partition coefficient (Wildman–Crippen LogP) is 13.7. The predicted molar refractivity (Wildman–Crippen MR) is 248 cm³/mol. The number of furan rings is 1. The zero-order valence-electron chi connectivity index (χ0n) is 36.3. The van der Waals surface area contributed by atoms with Gasteiger partial charge in [-0.3, -0.25) is 4.98 Å². The zero-order valence-corrected chi connectivity index (χ0v) is 39.7. The number of rotatable bonds is 9. The number of hydrogen-bond acceptors (Lipinski definition) is 3. The molecule has 59 heavy (non-hydrogen) atoms. The molecule has 0 bridgehead atoms. The van der Waals surface area contributed by atoms with Crippen molar-refractivity contribution in [2.24, 2.45) is 11.8 Å². The molecular formula is C53H57IrN3OSi-2. The summed E-state index contributed by atoms with van der Waals surface area (Å²) in [4.78, 5) is 9.74. The van der Waals surface area contributed by atoms with Crippen molar-refractivity contribution < 1.29 is 24.5 Å². The van der Waals surface area contributed by atoms with Crippen LogP contribution in [0.3, 0.4) is 0 Å². The normalized spacial score (nSPS) is 11.9. The third-order valence-electron chi connectivity index (χ3n) is 10.6. The molecule has 0 saturated heterocycles. The molecule has 4 nitrogen and oxygen atoms in total. The molecule has 1 radical (unpaired) electrons. The Morgan fingerprint density at radius 3 is 2.03 bits per heavy atom. The second kappa shape index (κ2) is 18.2. The quantitative estimate of drug-likeness (QED) is 0.107. The van der Waals surface area contributed by atoms with E-state index in [0.717, 1.165) is 63.2 Å². The molecule has 0 aliphatic heterocycles. The van der Waals surface area contributed by atoms with Crippen LogP contribution in [0.15, 0.2) is 132 Å². The van der Waals surface area contributed by atoms with Crippen molar-refractivity contribution in [2.75, 3.05) is 0 Å². The van der Waals surface area contributed by atoms with Gasteiger partial charge in [-0.15, -0.1) is 35.9 Å². The first-order valence-corrected chi connectivity index (χ1v) is 24.2. The van der Waals surface area contributed by atoms with Crippen molar-refractivity contribution in [2.45, 2.75) is 86.4 Å². The minimum absolute atomic E-state index is 0. The molecule has 0 fully saturated rings. The molecule has 5 aromatic carbocycles. The van der Waals surface area contributed by atoms with Crippen LogP contribution in [0, 0.1) is 24.2 Å². The van der Waals surface area contributed by atoms with E-state index in [1.165, 1.54) is 33.0 Å². The SMILES string of the molecule is CC(C)Cc1cc(-c2[c-]cccc2)ncc1[Si](C)(C)C.CC(C)Cc1ccc2o[c-]c(-c3nc4ccccc4n3-c3ccc(-c4ccc(C(C)(C)C)cc4)cc3)c2c1.[Ir]. The monoisotopic (exact) mass is 972 g/mol. The number of hydrogen-bond donors (Lipinski definition) is 0. The minimum Gasteiger partial charge on any atom is -0.557 e. The Labute approximate surface area is 366 Å². The molecule has 3 heterocycles. The summed E-state index contributed by atoms with van der Waals surface area (Å²) in [5.74, 6) is 2.09. The summed E-state index contributed by atoms with van der Waals surface area (Å²) in [7, 11) is -1.34. The van der Waals surface area contributed by atoms with Crippen molar-refractivity contribution in [3.63, 3.8) is 0 Å². The van der Waals surface area contributed by atoms with E-state index in [2.05, 4.69) is 193 Å². The summed E-state index contributed by atoms with van der Waals surface area (Å²) in [5, 5.41) is 2.54. The maximum absolute atomic E-state index is 5.88. The van der Waals surface area contributed by atoms with Crippen molar-refractivity contribution in [1.29, 1.82) is 0 Å². The Kier molecular flexibility index (Phi) is 13.5. The van der Waals surface area contributed by atoms with E-state index in [0.29, 0.717) is 11.8 Å². The van der Waals surface area contributed by atoms with Crippen LogP contribution in [0.25, 0.3) is 61.5 Å². The first-order chi connectivity index (χ1) is 27.7. The Balaban J connectivity index is 0.000000236. The fourth-order valence-corrected chi connectivity index (χ4v) is 9.28. The maximum Gasteiger partial charge on any atom is 0.0798 e. The number of pyridine rings is 1. The molecule has 8 rings (SSSR count). The number of imidazole rings is 1. The van der Waals surface area contributed by atoms with Gasteiger partial charge in [0.25, 0.3) is 0 Å². The molecule has 8 aromatic rings. The average molecular weight is 972 g/mol. The van der Waals surface area contributed by atoms with Gasteiger partial charge >= 0.3 is 0 Å². The van der Waals surface area contributed by atoms with Gasteiger partial charge in [0, 0.05) is 43.8 Å². The van der Waals surface area contributed by atoms with E-state index in [4.69, 9.17) is 9.40 Å². The van der Waals surface area contributed by atoms with Crippen LogP contribution in [0.1, 0.15) is 65.2 Å². The van der Waals surface area contributed by atoms with Crippen molar-refractivity contribution in [3.8, 4) is 39.5 Å². The van der Waals surface area contributed by atoms with Crippen LogP contribution in [-0.4, -0.2) is 22.6 Å². The van der Waals surface area contributed by atoms with Gasteiger partial charge in [-0.05, 0) is 81.9 Å². The number of fused-ring (bicyclic) bond motifs is 2. The van der Waals surface area contributed by atoms with E-state index in [1.807, 2.05) is 24.3 Å². The second-order valence-electron chi connectivity index (χ2n) is 18.5. The molecule has 6 heteroatoms. The summed E-state index contributed by atoms with van der Waals surface area (Å²) in [6.07, 6.45) is 7.44.